The van der Waals surface area contributed by atoms with Crippen LogP contribution in [0.5, 0.6) is 0 Å². The minimum absolute atomic E-state index is 0.00875. The van der Waals surface area contributed by atoms with E-state index in [0.717, 1.165) is 37.0 Å². The summed E-state index contributed by atoms with van der Waals surface area (Å²) in [6.45, 7) is 4.84. The molecule has 0 unspecified atom stereocenters. The SMILES string of the molecule is CCNc1nc(/C=C(\O)c2cccnc2)nc2nc(CCNC(=O)N3CCCCC3)ccc12. The first-order valence-corrected chi connectivity index (χ1v) is 11.4. The van der Waals surface area contributed by atoms with Gasteiger partial charge in [0.1, 0.15) is 11.6 Å². The maximum atomic E-state index is 12.3. The van der Waals surface area contributed by atoms with Crippen molar-refractivity contribution in [3.8, 4) is 0 Å². The lowest BCUT2D eigenvalue weighted by Crippen LogP contribution is -2.43. The summed E-state index contributed by atoms with van der Waals surface area (Å²) in [4.78, 5) is 32.0. The van der Waals surface area contributed by atoms with Gasteiger partial charge in [0.2, 0.25) is 0 Å². The summed E-state index contributed by atoms with van der Waals surface area (Å²) < 4.78 is 0. The van der Waals surface area contributed by atoms with Crippen molar-refractivity contribution in [3.63, 3.8) is 0 Å². The fraction of sp³-hybridized carbons (Fsp3) is 0.375. The lowest BCUT2D eigenvalue weighted by Gasteiger charge is -2.26. The number of pyridine rings is 2. The third kappa shape index (κ3) is 5.74. The Labute approximate surface area is 193 Å². The van der Waals surface area contributed by atoms with Gasteiger partial charge in [-0.25, -0.2) is 19.7 Å². The van der Waals surface area contributed by atoms with Crippen LogP contribution in [0, 0.1) is 0 Å². The van der Waals surface area contributed by atoms with Crippen molar-refractivity contribution in [1.29, 1.82) is 0 Å². The monoisotopic (exact) mass is 447 g/mol. The van der Waals surface area contributed by atoms with E-state index in [4.69, 9.17) is 0 Å². The molecule has 4 rings (SSSR count). The molecule has 33 heavy (non-hydrogen) atoms. The van der Waals surface area contributed by atoms with Gasteiger partial charge < -0.3 is 20.6 Å². The van der Waals surface area contributed by atoms with Gasteiger partial charge in [-0.05, 0) is 50.5 Å². The van der Waals surface area contributed by atoms with Crippen molar-refractivity contribution in [3.05, 3.63) is 53.7 Å². The number of nitrogens with one attached hydrogen (secondary N) is 2. The third-order valence-electron chi connectivity index (χ3n) is 5.50. The van der Waals surface area contributed by atoms with Crippen molar-refractivity contribution < 1.29 is 9.90 Å². The van der Waals surface area contributed by atoms with Gasteiger partial charge in [0, 0.05) is 62.3 Å². The summed E-state index contributed by atoms with van der Waals surface area (Å²) in [6, 6.07) is 7.38. The molecule has 0 spiro atoms. The molecule has 2 amide bonds. The molecule has 0 saturated carbocycles. The predicted molar refractivity (Wildman–Crippen MR) is 129 cm³/mol. The van der Waals surface area contributed by atoms with Crippen LogP contribution in [0.25, 0.3) is 22.9 Å². The molecule has 4 heterocycles. The molecular formula is C24H29N7O2. The van der Waals surface area contributed by atoms with Crippen LogP contribution in [0.15, 0.2) is 36.7 Å². The standard InChI is InChI=1S/C24H29N7O2/c1-2-26-22-19-9-8-18(10-12-27-24(33)31-13-4-3-5-14-31)28-23(19)30-21(29-22)15-20(32)17-7-6-11-25-16-17/h6-9,11,15-16,32H,2-5,10,12-14H2,1H3,(H,27,33)(H,26,28,29,30)/b20-15-. The highest BCUT2D eigenvalue weighted by Crippen LogP contribution is 2.21. The second-order valence-electron chi connectivity index (χ2n) is 7.94. The number of aliphatic hydroxyl groups excluding tert-OH is 1. The Balaban J connectivity index is 1.52. The van der Waals surface area contributed by atoms with Crippen LogP contribution in [0.1, 0.15) is 43.3 Å². The zero-order valence-corrected chi connectivity index (χ0v) is 18.8. The number of carbonyl (C=O) groups excluding carboxylic acids is 1. The van der Waals surface area contributed by atoms with Gasteiger partial charge in [0.25, 0.3) is 0 Å². The highest BCUT2D eigenvalue weighted by atomic mass is 16.3. The van der Waals surface area contributed by atoms with Gasteiger partial charge in [-0.3, -0.25) is 4.98 Å². The number of likely N-dealkylation sites (tertiary alicyclic amines) is 1. The van der Waals surface area contributed by atoms with Gasteiger partial charge in [0.05, 0.1) is 5.39 Å². The Morgan fingerprint density at radius 1 is 1.15 bits per heavy atom. The molecule has 9 heteroatoms. The van der Waals surface area contributed by atoms with E-state index in [9.17, 15) is 9.90 Å². The minimum Gasteiger partial charge on any atom is -0.507 e. The molecule has 0 radical (unpaired) electrons. The minimum atomic E-state index is -0.00875. The summed E-state index contributed by atoms with van der Waals surface area (Å²) in [6.07, 6.45) is 8.66. The van der Waals surface area contributed by atoms with Crippen LogP contribution in [0.4, 0.5) is 10.6 Å². The predicted octanol–water partition coefficient (Wildman–Crippen LogP) is 3.65. The number of piperidine rings is 1. The molecule has 3 N–H and O–H groups in total. The topological polar surface area (TPSA) is 116 Å². The third-order valence-corrected chi connectivity index (χ3v) is 5.50. The zero-order chi connectivity index (χ0) is 23.0. The number of anilines is 1. The van der Waals surface area contributed by atoms with E-state index in [2.05, 4.69) is 30.6 Å². The molecule has 3 aromatic rings. The maximum absolute atomic E-state index is 12.3. The van der Waals surface area contributed by atoms with Crippen molar-refractivity contribution in [2.45, 2.75) is 32.6 Å². The molecule has 3 aromatic heterocycles. The number of carbonyl (C=O) groups is 1. The number of fused-ring (bicyclic) bond motifs is 1. The fourth-order valence-electron chi connectivity index (χ4n) is 3.80. The van der Waals surface area contributed by atoms with Gasteiger partial charge in [-0.15, -0.1) is 0 Å². The van der Waals surface area contributed by atoms with Gasteiger partial charge >= 0.3 is 6.03 Å². The summed E-state index contributed by atoms with van der Waals surface area (Å²) in [5.41, 5.74) is 1.94. The number of hydrogen-bond donors (Lipinski definition) is 3. The number of urea groups is 1. The maximum Gasteiger partial charge on any atom is 0.317 e. The van der Waals surface area contributed by atoms with E-state index in [1.165, 1.54) is 12.5 Å². The Hall–Kier alpha value is -3.75. The lowest BCUT2D eigenvalue weighted by molar-refractivity contribution is 0.186. The average molecular weight is 448 g/mol. The van der Waals surface area contributed by atoms with E-state index >= 15 is 0 Å². The van der Waals surface area contributed by atoms with E-state index in [1.54, 1.807) is 24.5 Å². The largest absolute Gasteiger partial charge is 0.507 e. The van der Waals surface area contributed by atoms with Crippen LogP contribution in [-0.4, -0.2) is 62.2 Å². The summed E-state index contributed by atoms with van der Waals surface area (Å²) >= 11 is 0. The Morgan fingerprint density at radius 2 is 2.00 bits per heavy atom. The second kappa shape index (κ2) is 10.7. The van der Waals surface area contributed by atoms with E-state index in [0.29, 0.717) is 42.4 Å². The van der Waals surface area contributed by atoms with Crippen LogP contribution in [0.2, 0.25) is 0 Å². The Kier molecular flexibility index (Phi) is 7.29. The second-order valence-corrected chi connectivity index (χ2v) is 7.94. The number of rotatable bonds is 7. The molecule has 0 atom stereocenters. The van der Waals surface area contributed by atoms with Crippen LogP contribution < -0.4 is 10.6 Å². The number of aromatic nitrogens is 4. The molecule has 1 fully saturated rings. The average Bonchev–Trinajstić information content (AvgIpc) is 2.85. The van der Waals surface area contributed by atoms with Gasteiger partial charge in [-0.2, -0.15) is 0 Å². The number of amides is 2. The summed E-state index contributed by atoms with van der Waals surface area (Å²) in [7, 11) is 0. The van der Waals surface area contributed by atoms with Crippen molar-refractivity contribution in [1.82, 2.24) is 30.2 Å². The van der Waals surface area contributed by atoms with E-state index in [1.807, 2.05) is 24.0 Å². The highest BCUT2D eigenvalue weighted by Gasteiger charge is 2.16. The van der Waals surface area contributed by atoms with Crippen LogP contribution in [-0.2, 0) is 6.42 Å². The summed E-state index contributed by atoms with van der Waals surface area (Å²) in [5.74, 6) is 1.04. The Bertz CT molecular complexity index is 1130. The first kappa shape index (κ1) is 22.4. The molecule has 1 aliphatic rings. The van der Waals surface area contributed by atoms with Crippen molar-refractivity contribution in [2.75, 3.05) is 31.5 Å². The number of aliphatic hydroxyl groups is 1. The van der Waals surface area contributed by atoms with Gasteiger partial charge in [-0.1, -0.05) is 0 Å². The van der Waals surface area contributed by atoms with E-state index < -0.39 is 0 Å². The number of hydrogen-bond acceptors (Lipinski definition) is 7. The van der Waals surface area contributed by atoms with Crippen LogP contribution in [0.3, 0.4) is 0 Å². The molecule has 0 bridgehead atoms. The zero-order valence-electron chi connectivity index (χ0n) is 18.8. The summed E-state index contributed by atoms with van der Waals surface area (Å²) in [5, 5.41) is 17.5. The van der Waals surface area contributed by atoms with Gasteiger partial charge in [0.15, 0.2) is 11.5 Å². The normalized spacial score (nSPS) is 14.3. The smallest absolute Gasteiger partial charge is 0.317 e. The first-order chi connectivity index (χ1) is 16.1. The molecule has 0 aromatic carbocycles. The Morgan fingerprint density at radius 3 is 2.76 bits per heavy atom. The van der Waals surface area contributed by atoms with Crippen LogP contribution >= 0.6 is 0 Å². The highest BCUT2D eigenvalue weighted by molar-refractivity contribution is 5.88. The van der Waals surface area contributed by atoms with E-state index in [-0.39, 0.29) is 11.8 Å². The lowest BCUT2D eigenvalue weighted by atomic mass is 10.1. The quantitative estimate of drug-likeness (QED) is 0.474. The molecule has 1 aliphatic heterocycles. The molecule has 172 valence electrons. The molecular weight excluding hydrogens is 418 g/mol. The number of nitrogens with zero attached hydrogens (tertiary/aromatic N) is 5. The first-order valence-electron chi connectivity index (χ1n) is 11.4. The fourth-order valence-corrected chi connectivity index (χ4v) is 3.80. The van der Waals surface area contributed by atoms with Crippen molar-refractivity contribution >= 4 is 34.7 Å². The van der Waals surface area contributed by atoms with Crippen molar-refractivity contribution in [2.24, 2.45) is 0 Å². The molecule has 1 saturated heterocycles. The molecule has 0 aliphatic carbocycles. The molecule has 9 nitrogen and oxygen atoms in total.